The van der Waals surface area contributed by atoms with Gasteiger partial charge in [-0.1, -0.05) is 6.42 Å². The number of rotatable bonds is 2. The smallest absolute Gasteiger partial charge is 0.266 e. The fourth-order valence-electron chi connectivity index (χ4n) is 1.05. The second-order valence-electron chi connectivity index (χ2n) is 3.24. The van der Waals surface area contributed by atoms with E-state index in [1.54, 1.807) is 0 Å². The summed E-state index contributed by atoms with van der Waals surface area (Å²) in [5, 5.41) is 2.81. The maximum atomic E-state index is 10.6. The number of hydrogen-bond acceptors (Lipinski definition) is 4. The van der Waals surface area contributed by atoms with Gasteiger partial charge in [0.15, 0.2) is 0 Å². The molecule has 1 rings (SSSR count). The maximum absolute atomic E-state index is 10.6. The number of amides is 1. The van der Waals surface area contributed by atoms with Crippen LogP contribution in [0.5, 0.6) is 0 Å². The highest BCUT2D eigenvalue weighted by Gasteiger charge is 2.03. The maximum Gasteiger partial charge on any atom is 0.266 e. The molecule has 1 aliphatic heterocycles. The van der Waals surface area contributed by atoms with Crippen LogP contribution in [0.4, 0.5) is 0 Å². The third-order valence-electron chi connectivity index (χ3n) is 1.78. The molecule has 15 heavy (non-hydrogen) atoms. The second-order valence-corrected chi connectivity index (χ2v) is 4.81. The summed E-state index contributed by atoms with van der Waals surface area (Å²) >= 11 is 0. The van der Waals surface area contributed by atoms with E-state index in [0.717, 1.165) is 25.8 Å². The van der Waals surface area contributed by atoms with Crippen LogP contribution in [-0.2, 0) is 14.9 Å². The van der Waals surface area contributed by atoms with Gasteiger partial charge in [-0.05, 0) is 12.8 Å². The van der Waals surface area contributed by atoms with Gasteiger partial charge in [0.1, 0.15) is 0 Å². The van der Waals surface area contributed by atoms with Crippen molar-refractivity contribution in [3.8, 4) is 0 Å². The van der Waals surface area contributed by atoms with Crippen LogP contribution in [-0.4, -0.2) is 37.7 Å². The molecule has 1 aliphatic rings. The van der Waals surface area contributed by atoms with Crippen molar-refractivity contribution in [3.63, 3.8) is 0 Å². The minimum Gasteiger partial charge on any atom is -0.356 e. The van der Waals surface area contributed by atoms with Crippen LogP contribution in [0.2, 0.25) is 0 Å². The fraction of sp³-hybridized carbons (Fsp3) is 0.875. The number of hydrogen-bond donors (Lipinski definition) is 3. The van der Waals surface area contributed by atoms with Crippen molar-refractivity contribution in [2.24, 2.45) is 5.73 Å². The fourth-order valence-corrected chi connectivity index (χ4v) is 1.35. The van der Waals surface area contributed by atoms with Gasteiger partial charge in [0.05, 0.1) is 5.75 Å². The zero-order valence-corrected chi connectivity index (χ0v) is 9.42. The van der Waals surface area contributed by atoms with Crippen LogP contribution in [0, 0.1) is 0 Å². The molecule has 1 saturated heterocycles. The van der Waals surface area contributed by atoms with Gasteiger partial charge in [0, 0.05) is 19.5 Å². The Bertz CT molecular complexity index is 266. The average Bonchev–Trinajstić information content (AvgIpc) is 2.31. The van der Waals surface area contributed by atoms with E-state index in [9.17, 15) is 13.2 Å². The van der Waals surface area contributed by atoms with Gasteiger partial charge in [-0.15, -0.1) is 0 Å². The van der Waals surface area contributed by atoms with Crippen LogP contribution in [0.1, 0.15) is 25.7 Å². The monoisotopic (exact) mass is 238 g/mol. The van der Waals surface area contributed by atoms with E-state index in [1.165, 1.54) is 6.42 Å². The lowest BCUT2D eigenvalue weighted by molar-refractivity contribution is -0.120. The zero-order chi connectivity index (χ0) is 11.7. The molecule has 0 saturated carbocycles. The molecule has 4 N–H and O–H groups in total. The standard InChI is InChI=1S/C6H11NO.C2H7NO3S/c8-6-4-2-1-3-5-7-6;3-1-2-7(4,5)6/h1-5H2,(H,7,8);1-3H2,(H,4,5,6). The molecule has 0 aromatic carbocycles. The van der Waals surface area contributed by atoms with Gasteiger partial charge in [-0.3, -0.25) is 9.35 Å². The van der Waals surface area contributed by atoms with E-state index in [4.69, 9.17) is 10.3 Å². The SMILES string of the molecule is NCCS(=O)(=O)O.O=C1CCCCCN1. The van der Waals surface area contributed by atoms with E-state index in [0.29, 0.717) is 0 Å². The third-order valence-corrected chi connectivity index (χ3v) is 2.53. The van der Waals surface area contributed by atoms with E-state index < -0.39 is 10.1 Å². The molecule has 0 bridgehead atoms. The Morgan fingerprint density at radius 2 is 2.00 bits per heavy atom. The predicted octanol–water partition coefficient (Wildman–Crippen LogP) is -0.490. The first-order valence-electron chi connectivity index (χ1n) is 4.87. The topological polar surface area (TPSA) is 109 Å². The van der Waals surface area contributed by atoms with Crippen LogP contribution < -0.4 is 11.1 Å². The lowest BCUT2D eigenvalue weighted by Crippen LogP contribution is -2.21. The van der Waals surface area contributed by atoms with E-state index in [1.807, 2.05) is 0 Å². The number of nitrogens with two attached hydrogens (primary N) is 1. The number of carbonyl (C=O) groups excluding carboxylic acids is 1. The molecule has 0 aliphatic carbocycles. The van der Waals surface area contributed by atoms with Crippen molar-refractivity contribution >= 4 is 16.0 Å². The van der Waals surface area contributed by atoms with E-state index >= 15 is 0 Å². The third kappa shape index (κ3) is 11.3. The zero-order valence-electron chi connectivity index (χ0n) is 8.61. The molecule has 0 aromatic rings. The highest BCUT2D eigenvalue weighted by atomic mass is 32.2. The Hall–Kier alpha value is -0.660. The van der Waals surface area contributed by atoms with Gasteiger partial charge in [0.2, 0.25) is 5.91 Å². The highest BCUT2D eigenvalue weighted by molar-refractivity contribution is 7.85. The first-order chi connectivity index (χ1) is 6.95. The normalized spacial score (nSPS) is 17.1. The molecule has 0 spiro atoms. The lowest BCUT2D eigenvalue weighted by atomic mass is 10.2. The molecular formula is C8H18N2O4S. The summed E-state index contributed by atoms with van der Waals surface area (Å²) in [7, 11) is -3.80. The summed E-state index contributed by atoms with van der Waals surface area (Å²) in [6.07, 6.45) is 4.18. The quantitative estimate of drug-likeness (QED) is 0.562. The van der Waals surface area contributed by atoms with Crippen molar-refractivity contribution in [1.29, 1.82) is 0 Å². The van der Waals surface area contributed by atoms with Crippen molar-refractivity contribution in [1.82, 2.24) is 5.32 Å². The Balaban J connectivity index is 0.000000265. The van der Waals surface area contributed by atoms with Gasteiger partial charge >= 0.3 is 0 Å². The summed E-state index contributed by atoms with van der Waals surface area (Å²) in [4.78, 5) is 10.6. The van der Waals surface area contributed by atoms with E-state index in [2.05, 4.69) is 5.32 Å². The molecular weight excluding hydrogens is 220 g/mol. The molecule has 0 atom stereocenters. The summed E-state index contributed by atoms with van der Waals surface area (Å²) in [5.41, 5.74) is 4.78. The van der Waals surface area contributed by atoms with Gasteiger partial charge in [0.25, 0.3) is 10.1 Å². The molecule has 6 nitrogen and oxygen atoms in total. The highest BCUT2D eigenvalue weighted by Crippen LogP contribution is 2.02. The molecule has 0 unspecified atom stereocenters. The minimum absolute atomic E-state index is 0.0289. The summed E-state index contributed by atoms with van der Waals surface area (Å²) in [6.45, 7) is 0.859. The Morgan fingerprint density at radius 1 is 1.33 bits per heavy atom. The van der Waals surface area contributed by atoms with E-state index in [-0.39, 0.29) is 18.2 Å². The molecule has 7 heteroatoms. The lowest BCUT2D eigenvalue weighted by Gasteiger charge is -1.93. The Morgan fingerprint density at radius 3 is 2.47 bits per heavy atom. The van der Waals surface area contributed by atoms with Gasteiger partial charge < -0.3 is 11.1 Å². The molecule has 0 radical (unpaired) electrons. The van der Waals surface area contributed by atoms with Gasteiger partial charge in [-0.2, -0.15) is 8.42 Å². The minimum atomic E-state index is -3.80. The number of carbonyl (C=O) groups is 1. The molecule has 0 aromatic heterocycles. The molecule has 1 heterocycles. The summed E-state index contributed by atoms with van der Waals surface area (Å²) in [5.74, 6) is -0.130. The summed E-state index contributed by atoms with van der Waals surface area (Å²) < 4.78 is 27.3. The van der Waals surface area contributed by atoms with Gasteiger partial charge in [-0.25, -0.2) is 0 Å². The molecule has 1 amide bonds. The van der Waals surface area contributed by atoms with Crippen LogP contribution in [0.25, 0.3) is 0 Å². The summed E-state index contributed by atoms with van der Waals surface area (Å²) in [6, 6.07) is 0. The Labute approximate surface area is 90.0 Å². The predicted molar refractivity (Wildman–Crippen MR) is 56.9 cm³/mol. The first-order valence-corrected chi connectivity index (χ1v) is 6.48. The molecule has 90 valence electrons. The second kappa shape index (κ2) is 7.61. The number of nitrogens with one attached hydrogen (secondary N) is 1. The average molecular weight is 238 g/mol. The van der Waals surface area contributed by atoms with Crippen molar-refractivity contribution in [2.45, 2.75) is 25.7 Å². The molecule has 1 fully saturated rings. The Kier molecular flexibility index (Phi) is 7.27. The van der Waals surface area contributed by atoms with Crippen LogP contribution in [0.3, 0.4) is 0 Å². The van der Waals surface area contributed by atoms with Crippen molar-refractivity contribution in [3.05, 3.63) is 0 Å². The van der Waals surface area contributed by atoms with Crippen molar-refractivity contribution in [2.75, 3.05) is 18.8 Å². The van der Waals surface area contributed by atoms with Crippen LogP contribution >= 0.6 is 0 Å². The van der Waals surface area contributed by atoms with Crippen molar-refractivity contribution < 1.29 is 17.8 Å². The largest absolute Gasteiger partial charge is 0.356 e. The first kappa shape index (κ1) is 14.3. The van der Waals surface area contributed by atoms with Crippen LogP contribution in [0.15, 0.2) is 0 Å².